The molecule has 2 atom stereocenters. The van der Waals surface area contributed by atoms with Crippen LogP contribution in [0.1, 0.15) is 45.1 Å². The molecule has 1 N–H and O–H groups in total. The molecule has 19 heavy (non-hydrogen) atoms. The van der Waals surface area contributed by atoms with Crippen LogP contribution in [0.4, 0.5) is 0 Å². The number of nitrogens with zero attached hydrogens (tertiary/aromatic N) is 1. The van der Waals surface area contributed by atoms with Crippen LogP contribution < -0.4 is 0 Å². The molecular weight excluding hydrogens is 234 g/mol. The average molecular weight is 261 g/mol. The van der Waals surface area contributed by atoms with E-state index in [0.717, 1.165) is 6.54 Å². The third kappa shape index (κ3) is 2.79. The minimum Gasteiger partial charge on any atom is -0.508 e. The second-order valence-corrected chi connectivity index (χ2v) is 6.14. The number of hydrogen-bond acceptors (Lipinski definition) is 2. The summed E-state index contributed by atoms with van der Waals surface area (Å²) < 4.78 is 0. The summed E-state index contributed by atoms with van der Waals surface area (Å²) >= 11 is 0. The van der Waals surface area contributed by atoms with Gasteiger partial charge in [-0.25, -0.2) is 0 Å². The molecule has 2 heteroatoms. The van der Waals surface area contributed by atoms with E-state index < -0.39 is 0 Å². The molecule has 1 saturated heterocycles. The number of hydrogen-bond donors (Lipinski definition) is 1. The maximum Gasteiger partial charge on any atom is 0.115 e. The van der Waals surface area contributed by atoms with Crippen molar-refractivity contribution in [2.45, 2.75) is 44.9 Å². The zero-order valence-electron chi connectivity index (χ0n) is 12.5. The quantitative estimate of drug-likeness (QED) is 0.871. The number of likely N-dealkylation sites (tertiary alicyclic amines) is 1. The van der Waals surface area contributed by atoms with Crippen molar-refractivity contribution in [1.82, 2.24) is 4.90 Å². The molecule has 0 bridgehead atoms. The smallest absolute Gasteiger partial charge is 0.115 e. The number of rotatable bonds is 5. The van der Waals surface area contributed by atoms with Gasteiger partial charge in [0.2, 0.25) is 0 Å². The van der Waals surface area contributed by atoms with E-state index in [9.17, 15) is 5.11 Å². The fourth-order valence-electron chi connectivity index (χ4n) is 3.96. The van der Waals surface area contributed by atoms with E-state index in [1.54, 1.807) is 6.07 Å². The Morgan fingerprint density at radius 1 is 1.32 bits per heavy atom. The summed E-state index contributed by atoms with van der Waals surface area (Å²) in [6, 6.07) is 7.95. The lowest BCUT2D eigenvalue weighted by Crippen LogP contribution is -2.35. The molecule has 1 aromatic rings. The second-order valence-electron chi connectivity index (χ2n) is 6.14. The molecule has 1 aliphatic rings. The fraction of sp³-hybridized carbons (Fsp3) is 0.647. The molecule has 0 aliphatic carbocycles. The summed E-state index contributed by atoms with van der Waals surface area (Å²) in [5.41, 5.74) is 1.57. The summed E-state index contributed by atoms with van der Waals surface area (Å²) in [7, 11) is 2.23. The summed E-state index contributed by atoms with van der Waals surface area (Å²) in [6.45, 7) is 6.85. The molecule has 2 unspecified atom stereocenters. The number of benzene rings is 1. The van der Waals surface area contributed by atoms with Crippen molar-refractivity contribution in [1.29, 1.82) is 0 Å². The van der Waals surface area contributed by atoms with Gasteiger partial charge in [0.1, 0.15) is 5.75 Å². The van der Waals surface area contributed by atoms with Crippen LogP contribution in [0.2, 0.25) is 0 Å². The Hall–Kier alpha value is -1.02. The molecule has 0 radical (unpaired) electrons. The van der Waals surface area contributed by atoms with Gasteiger partial charge in [-0.05, 0) is 43.5 Å². The van der Waals surface area contributed by atoms with Gasteiger partial charge in [-0.2, -0.15) is 0 Å². The molecule has 106 valence electrons. The van der Waals surface area contributed by atoms with E-state index in [1.165, 1.54) is 37.8 Å². The largest absolute Gasteiger partial charge is 0.508 e. The minimum atomic E-state index is 0.234. The highest BCUT2D eigenvalue weighted by Crippen LogP contribution is 2.45. The van der Waals surface area contributed by atoms with Crippen molar-refractivity contribution in [3.05, 3.63) is 29.8 Å². The summed E-state index contributed by atoms with van der Waals surface area (Å²) in [5.74, 6) is 1.11. The van der Waals surface area contributed by atoms with Gasteiger partial charge in [-0.1, -0.05) is 38.8 Å². The van der Waals surface area contributed by atoms with Gasteiger partial charge in [0.25, 0.3) is 0 Å². The van der Waals surface area contributed by atoms with E-state index >= 15 is 0 Å². The first-order valence-electron chi connectivity index (χ1n) is 7.60. The van der Waals surface area contributed by atoms with Gasteiger partial charge >= 0.3 is 0 Å². The SMILES string of the molecule is CCCC1CN(C)CC1(CCC)c1cccc(O)c1. The summed E-state index contributed by atoms with van der Waals surface area (Å²) in [6.07, 6.45) is 4.93. The molecule has 1 fully saturated rings. The lowest BCUT2D eigenvalue weighted by Gasteiger charge is -2.35. The van der Waals surface area contributed by atoms with Crippen LogP contribution in [0.3, 0.4) is 0 Å². The average Bonchev–Trinajstić information content (AvgIpc) is 2.68. The Balaban J connectivity index is 2.40. The molecule has 2 rings (SSSR count). The molecule has 0 aromatic heterocycles. The lowest BCUT2D eigenvalue weighted by molar-refractivity contribution is 0.294. The zero-order valence-corrected chi connectivity index (χ0v) is 12.5. The van der Waals surface area contributed by atoms with E-state index in [1.807, 2.05) is 12.1 Å². The van der Waals surface area contributed by atoms with Gasteiger partial charge < -0.3 is 10.0 Å². The molecule has 0 spiro atoms. The first kappa shape index (κ1) is 14.4. The standard InChI is InChI=1S/C17H27NO/c1-4-7-15-12-18(3)13-17(15,10-5-2)14-8-6-9-16(19)11-14/h6,8-9,11,15,19H,4-5,7,10,12-13H2,1-3H3. The molecule has 2 nitrogen and oxygen atoms in total. The third-order valence-corrected chi connectivity index (χ3v) is 4.62. The highest BCUT2D eigenvalue weighted by molar-refractivity contribution is 5.35. The molecule has 1 aliphatic heterocycles. The monoisotopic (exact) mass is 261 g/mol. The van der Waals surface area contributed by atoms with Crippen LogP contribution in [0, 0.1) is 5.92 Å². The molecule has 0 saturated carbocycles. The van der Waals surface area contributed by atoms with Crippen molar-refractivity contribution in [2.24, 2.45) is 5.92 Å². The van der Waals surface area contributed by atoms with Gasteiger partial charge in [0.15, 0.2) is 0 Å². The Labute approximate surface area is 117 Å². The van der Waals surface area contributed by atoms with Gasteiger partial charge in [-0.15, -0.1) is 0 Å². The fourth-order valence-corrected chi connectivity index (χ4v) is 3.96. The second kappa shape index (κ2) is 5.96. The number of likely N-dealkylation sites (N-methyl/N-ethyl adjacent to an activating group) is 1. The van der Waals surface area contributed by atoms with Gasteiger partial charge in [0, 0.05) is 18.5 Å². The van der Waals surface area contributed by atoms with Crippen LogP contribution in [0.15, 0.2) is 24.3 Å². The predicted molar refractivity (Wildman–Crippen MR) is 80.6 cm³/mol. The Morgan fingerprint density at radius 3 is 2.74 bits per heavy atom. The minimum absolute atomic E-state index is 0.234. The highest BCUT2D eigenvalue weighted by atomic mass is 16.3. The number of aromatic hydroxyl groups is 1. The maximum atomic E-state index is 9.82. The van der Waals surface area contributed by atoms with Gasteiger partial charge in [-0.3, -0.25) is 0 Å². The van der Waals surface area contributed by atoms with Crippen LogP contribution in [0.25, 0.3) is 0 Å². The van der Waals surface area contributed by atoms with Crippen molar-refractivity contribution in [3.8, 4) is 5.75 Å². The normalized spacial score (nSPS) is 27.8. The van der Waals surface area contributed by atoms with Crippen molar-refractivity contribution in [2.75, 3.05) is 20.1 Å². The van der Waals surface area contributed by atoms with Crippen LogP contribution in [0.5, 0.6) is 5.75 Å². The first-order valence-corrected chi connectivity index (χ1v) is 7.60. The molecule has 1 aromatic carbocycles. The van der Waals surface area contributed by atoms with Crippen LogP contribution in [-0.4, -0.2) is 30.1 Å². The van der Waals surface area contributed by atoms with Gasteiger partial charge in [0.05, 0.1) is 0 Å². The Kier molecular flexibility index (Phi) is 4.51. The molecule has 0 amide bonds. The van der Waals surface area contributed by atoms with Crippen molar-refractivity contribution < 1.29 is 5.11 Å². The lowest BCUT2D eigenvalue weighted by atomic mass is 9.68. The third-order valence-electron chi connectivity index (χ3n) is 4.62. The number of phenolic OH excluding ortho intramolecular Hbond substituents is 1. The topological polar surface area (TPSA) is 23.5 Å². The zero-order chi connectivity index (χ0) is 13.9. The van der Waals surface area contributed by atoms with E-state index in [0.29, 0.717) is 11.7 Å². The number of phenols is 1. The summed E-state index contributed by atoms with van der Waals surface area (Å²) in [4.78, 5) is 2.46. The van der Waals surface area contributed by atoms with Crippen molar-refractivity contribution >= 4 is 0 Å². The Morgan fingerprint density at radius 2 is 2.11 bits per heavy atom. The van der Waals surface area contributed by atoms with E-state index in [-0.39, 0.29) is 5.41 Å². The molecular formula is C17H27NO. The van der Waals surface area contributed by atoms with E-state index in [4.69, 9.17) is 0 Å². The molecule has 1 heterocycles. The van der Waals surface area contributed by atoms with E-state index in [2.05, 4.69) is 31.9 Å². The maximum absolute atomic E-state index is 9.82. The highest BCUT2D eigenvalue weighted by Gasteiger charge is 2.45. The Bertz CT molecular complexity index is 417. The summed E-state index contributed by atoms with van der Waals surface area (Å²) in [5, 5.41) is 9.82. The predicted octanol–water partition coefficient (Wildman–Crippen LogP) is 3.79. The first-order chi connectivity index (χ1) is 9.12. The van der Waals surface area contributed by atoms with Crippen LogP contribution in [-0.2, 0) is 5.41 Å². The van der Waals surface area contributed by atoms with Crippen LogP contribution >= 0.6 is 0 Å². The van der Waals surface area contributed by atoms with Crippen molar-refractivity contribution in [3.63, 3.8) is 0 Å².